The highest BCUT2D eigenvalue weighted by molar-refractivity contribution is 6.30. The number of hydrogen-bond acceptors (Lipinski definition) is 4. The van der Waals surface area contributed by atoms with Gasteiger partial charge in [0.1, 0.15) is 11.5 Å². The summed E-state index contributed by atoms with van der Waals surface area (Å²) >= 11 is 5.98. The van der Waals surface area contributed by atoms with E-state index in [0.717, 1.165) is 11.1 Å². The van der Waals surface area contributed by atoms with Gasteiger partial charge in [0.05, 0.1) is 7.11 Å². The van der Waals surface area contributed by atoms with Crippen molar-refractivity contribution in [2.45, 2.75) is 26.1 Å². The van der Waals surface area contributed by atoms with Crippen molar-refractivity contribution >= 4 is 29.1 Å². The number of benzene rings is 3. The third-order valence-electron chi connectivity index (χ3n) is 5.28. The largest absolute Gasteiger partial charge is 0.497 e. The van der Waals surface area contributed by atoms with E-state index in [1.807, 2.05) is 18.2 Å². The minimum atomic E-state index is -0.608. The summed E-state index contributed by atoms with van der Waals surface area (Å²) in [6.45, 7) is 2.55. The molecule has 1 N–H and O–H groups in total. The van der Waals surface area contributed by atoms with Crippen molar-refractivity contribution in [3.63, 3.8) is 0 Å². The summed E-state index contributed by atoms with van der Waals surface area (Å²) in [4.78, 5) is 27.3. The lowest BCUT2D eigenvalue weighted by molar-refractivity contribution is -0.138. The number of halogens is 1. The molecule has 0 spiro atoms. The number of rotatable bonds is 5. The molecule has 3 aromatic carbocycles. The number of carbonyl (C=O) groups is 2. The fourth-order valence-electron chi connectivity index (χ4n) is 3.57. The van der Waals surface area contributed by atoms with Gasteiger partial charge in [-0.25, -0.2) is 0 Å². The summed E-state index contributed by atoms with van der Waals surface area (Å²) in [5.74, 6) is 0.986. The summed E-state index contributed by atoms with van der Waals surface area (Å²) < 4.78 is 11.0. The summed E-state index contributed by atoms with van der Waals surface area (Å²) in [6.07, 6.45) is -0.608. The second kappa shape index (κ2) is 9.32. The van der Waals surface area contributed by atoms with Gasteiger partial charge in [0.25, 0.3) is 11.8 Å². The Hall–Kier alpha value is -3.51. The number of hydrogen-bond donors (Lipinski definition) is 1. The Morgan fingerprint density at radius 1 is 1.12 bits per heavy atom. The zero-order valence-electron chi connectivity index (χ0n) is 17.8. The number of carbonyl (C=O) groups excluding carboxylic acids is 2. The zero-order chi connectivity index (χ0) is 22.7. The van der Waals surface area contributed by atoms with E-state index in [2.05, 4.69) is 5.32 Å². The number of methoxy groups -OCH3 is 1. The number of nitrogens with zero attached hydrogens (tertiary/aromatic N) is 1. The third kappa shape index (κ3) is 4.86. The van der Waals surface area contributed by atoms with Crippen LogP contribution in [0.15, 0.2) is 66.7 Å². The number of fused-ring (bicyclic) bond motifs is 1. The van der Waals surface area contributed by atoms with Gasteiger partial charge in [-0.2, -0.15) is 0 Å². The van der Waals surface area contributed by atoms with Crippen molar-refractivity contribution in [1.29, 1.82) is 0 Å². The second-order valence-electron chi connectivity index (χ2n) is 7.59. The molecule has 0 saturated heterocycles. The summed E-state index contributed by atoms with van der Waals surface area (Å²) in [7, 11) is 1.58. The molecule has 2 amide bonds. The van der Waals surface area contributed by atoms with E-state index in [1.165, 1.54) is 0 Å². The van der Waals surface area contributed by atoms with E-state index in [0.29, 0.717) is 40.9 Å². The lowest BCUT2D eigenvalue weighted by atomic mass is 10.1. The number of ether oxygens (including phenoxy) is 2. The van der Waals surface area contributed by atoms with Crippen molar-refractivity contribution in [3.8, 4) is 11.5 Å². The van der Waals surface area contributed by atoms with Gasteiger partial charge in [0.2, 0.25) is 0 Å². The maximum Gasteiger partial charge on any atom is 0.263 e. The molecule has 1 heterocycles. The molecule has 0 aliphatic carbocycles. The molecule has 164 valence electrons. The normalized spacial score (nSPS) is 15.4. The van der Waals surface area contributed by atoms with Gasteiger partial charge in [-0.1, -0.05) is 23.7 Å². The molecule has 1 aliphatic rings. The summed E-state index contributed by atoms with van der Waals surface area (Å²) in [5.41, 5.74) is 2.94. The van der Waals surface area contributed by atoms with Crippen LogP contribution in [0.5, 0.6) is 11.5 Å². The molecule has 1 aliphatic heterocycles. The Kier molecular flexibility index (Phi) is 6.32. The molecule has 32 heavy (non-hydrogen) atoms. The van der Waals surface area contributed by atoms with Crippen LogP contribution in [-0.2, 0) is 17.9 Å². The van der Waals surface area contributed by atoms with Crippen LogP contribution < -0.4 is 14.8 Å². The predicted octanol–water partition coefficient (Wildman–Crippen LogP) is 4.91. The van der Waals surface area contributed by atoms with E-state index < -0.39 is 6.10 Å². The van der Waals surface area contributed by atoms with E-state index in [1.54, 1.807) is 67.5 Å². The first-order valence-corrected chi connectivity index (χ1v) is 10.6. The first-order valence-electron chi connectivity index (χ1n) is 10.2. The quantitative estimate of drug-likeness (QED) is 0.599. The van der Waals surface area contributed by atoms with Crippen LogP contribution in [0.3, 0.4) is 0 Å². The minimum Gasteiger partial charge on any atom is -0.497 e. The molecule has 3 aromatic rings. The fraction of sp³-hybridized carbons (Fsp3) is 0.200. The number of nitrogens with one attached hydrogen (secondary N) is 1. The highest BCUT2D eigenvalue weighted by Gasteiger charge is 2.28. The molecular weight excluding hydrogens is 428 g/mol. The van der Waals surface area contributed by atoms with Crippen molar-refractivity contribution < 1.29 is 19.1 Å². The van der Waals surface area contributed by atoms with Gasteiger partial charge in [-0.15, -0.1) is 0 Å². The van der Waals surface area contributed by atoms with Gasteiger partial charge in [-0.05, 0) is 67.1 Å². The Morgan fingerprint density at radius 2 is 1.84 bits per heavy atom. The second-order valence-corrected chi connectivity index (χ2v) is 8.02. The van der Waals surface area contributed by atoms with Crippen LogP contribution in [0.4, 0.5) is 5.69 Å². The molecular formula is C25H23ClN2O4. The Labute approximate surface area is 191 Å². The topological polar surface area (TPSA) is 67.9 Å². The van der Waals surface area contributed by atoms with Crippen LogP contribution in [0.2, 0.25) is 5.02 Å². The van der Waals surface area contributed by atoms with Crippen molar-refractivity contribution in [2.24, 2.45) is 0 Å². The summed E-state index contributed by atoms with van der Waals surface area (Å²) in [5, 5.41) is 3.55. The maximum absolute atomic E-state index is 12.9. The monoisotopic (exact) mass is 450 g/mol. The average Bonchev–Trinajstić information content (AvgIpc) is 2.91. The highest BCUT2D eigenvalue weighted by atomic mass is 35.5. The molecule has 1 unspecified atom stereocenters. The molecule has 6 nitrogen and oxygen atoms in total. The zero-order valence-corrected chi connectivity index (χ0v) is 18.6. The third-order valence-corrected chi connectivity index (χ3v) is 5.53. The Balaban J connectivity index is 1.54. The van der Waals surface area contributed by atoms with Crippen LogP contribution in [0, 0.1) is 0 Å². The molecule has 4 rings (SSSR count). The van der Waals surface area contributed by atoms with Crippen LogP contribution in [-0.4, -0.2) is 29.9 Å². The first kappa shape index (κ1) is 21.7. The molecule has 0 bridgehead atoms. The fourth-order valence-corrected chi connectivity index (χ4v) is 3.69. The highest BCUT2D eigenvalue weighted by Crippen LogP contribution is 2.30. The van der Waals surface area contributed by atoms with E-state index in [9.17, 15) is 9.59 Å². The van der Waals surface area contributed by atoms with Gasteiger partial charge in [-0.3, -0.25) is 9.59 Å². The van der Waals surface area contributed by atoms with Crippen LogP contribution in [0.1, 0.15) is 28.4 Å². The first-order chi connectivity index (χ1) is 15.4. The van der Waals surface area contributed by atoms with Crippen molar-refractivity contribution in [3.05, 3.63) is 88.4 Å². The molecule has 1 atom stereocenters. The Bertz CT molecular complexity index is 1130. The predicted molar refractivity (Wildman–Crippen MR) is 123 cm³/mol. The molecule has 0 aromatic heterocycles. The van der Waals surface area contributed by atoms with Gasteiger partial charge < -0.3 is 19.7 Å². The van der Waals surface area contributed by atoms with Gasteiger partial charge in [0, 0.05) is 34.9 Å². The molecule has 0 fully saturated rings. The van der Waals surface area contributed by atoms with E-state index in [4.69, 9.17) is 21.1 Å². The van der Waals surface area contributed by atoms with Gasteiger partial charge in [0.15, 0.2) is 6.10 Å². The standard InChI is InChI=1S/C25H23ClN2O4/c1-16-25(30)28(14-17-3-7-20(26)8-4-17)15-19-13-21(9-12-23(19)32-16)27-24(29)18-5-10-22(31-2)11-6-18/h3-13,16H,14-15H2,1-2H3,(H,27,29). The van der Waals surface area contributed by atoms with E-state index >= 15 is 0 Å². The van der Waals surface area contributed by atoms with Gasteiger partial charge >= 0.3 is 0 Å². The summed E-state index contributed by atoms with van der Waals surface area (Å²) in [6, 6.07) is 19.7. The van der Waals surface area contributed by atoms with Crippen LogP contribution >= 0.6 is 11.6 Å². The molecule has 7 heteroatoms. The van der Waals surface area contributed by atoms with Crippen molar-refractivity contribution in [1.82, 2.24) is 4.90 Å². The lowest BCUT2D eigenvalue weighted by Gasteiger charge is -2.22. The number of amides is 2. The SMILES string of the molecule is COc1ccc(C(=O)Nc2ccc3c(c2)CN(Cc2ccc(Cl)cc2)C(=O)C(C)O3)cc1. The smallest absolute Gasteiger partial charge is 0.263 e. The van der Waals surface area contributed by atoms with Crippen molar-refractivity contribution in [2.75, 3.05) is 12.4 Å². The molecule has 0 radical (unpaired) electrons. The van der Waals surface area contributed by atoms with E-state index in [-0.39, 0.29) is 11.8 Å². The number of anilines is 1. The maximum atomic E-state index is 12.9. The minimum absolute atomic E-state index is 0.0973. The van der Waals surface area contributed by atoms with Crippen LogP contribution in [0.25, 0.3) is 0 Å². The average molecular weight is 451 g/mol. The Morgan fingerprint density at radius 3 is 2.53 bits per heavy atom. The lowest BCUT2D eigenvalue weighted by Crippen LogP contribution is -2.37. The molecule has 0 saturated carbocycles.